The van der Waals surface area contributed by atoms with Crippen molar-refractivity contribution in [2.45, 2.75) is 309 Å². The minimum absolute atomic E-state index is 0.0774. The molecule has 6 heteroatoms. The minimum Gasteiger partial charge on any atom is -0.462 e. The molecule has 0 aliphatic carbocycles. The highest BCUT2D eigenvalue weighted by Crippen LogP contribution is 2.16. The van der Waals surface area contributed by atoms with Crippen LogP contribution in [0.15, 0.2) is 24.3 Å². The van der Waals surface area contributed by atoms with Crippen LogP contribution >= 0.6 is 0 Å². The molecule has 1 unspecified atom stereocenters. The van der Waals surface area contributed by atoms with Gasteiger partial charge in [-0.2, -0.15) is 0 Å². The Morgan fingerprint density at radius 1 is 0.302 bits per heavy atom. The van der Waals surface area contributed by atoms with E-state index in [1.54, 1.807) is 0 Å². The lowest BCUT2D eigenvalue weighted by atomic mass is 10.0. The van der Waals surface area contributed by atoms with Crippen molar-refractivity contribution in [2.24, 2.45) is 0 Å². The number of carbonyl (C=O) groups excluding carboxylic acids is 3. The lowest BCUT2D eigenvalue weighted by molar-refractivity contribution is -0.167. The second-order valence-electron chi connectivity index (χ2n) is 18.8. The van der Waals surface area contributed by atoms with Crippen LogP contribution in [0.3, 0.4) is 0 Å². The molecule has 6 nitrogen and oxygen atoms in total. The van der Waals surface area contributed by atoms with Crippen LogP contribution in [-0.4, -0.2) is 37.2 Å². The zero-order valence-electron chi connectivity index (χ0n) is 42.4. The van der Waals surface area contributed by atoms with E-state index in [4.69, 9.17) is 14.2 Å². The molecular weight excluding hydrogens is 781 g/mol. The highest BCUT2D eigenvalue weighted by atomic mass is 16.6. The number of carbonyl (C=O) groups is 3. The maximum Gasteiger partial charge on any atom is 0.306 e. The van der Waals surface area contributed by atoms with Gasteiger partial charge in [-0.3, -0.25) is 14.4 Å². The van der Waals surface area contributed by atoms with Crippen LogP contribution in [0.25, 0.3) is 0 Å². The van der Waals surface area contributed by atoms with E-state index in [0.29, 0.717) is 19.3 Å². The van der Waals surface area contributed by atoms with E-state index in [0.717, 1.165) is 57.8 Å². The Balaban J connectivity index is 4.25. The van der Waals surface area contributed by atoms with Crippen molar-refractivity contribution in [3.05, 3.63) is 24.3 Å². The van der Waals surface area contributed by atoms with Gasteiger partial charge >= 0.3 is 17.9 Å². The zero-order valence-corrected chi connectivity index (χ0v) is 42.4. The van der Waals surface area contributed by atoms with E-state index in [2.05, 4.69) is 45.1 Å². The summed E-state index contributed by atoms with van der Waals surface area (Å²) >= 11 is 0. The summed E-state index contributed by atoms with van der Waals surface area (Å²) in [6.07, 6.45) is 60.4. The van der Waals surface area contributed by atoms with Gasteiger partial charge in [0.1, 0.15) is 13.2 Å². The van der Waals surface area contributed by atoms with Crippen LogP contribution in [0.2, 0.25) is 0 Å². The summed E-state index contributed by atoms with van der Waals surface area (Å²) in [4.78, 5) is 37.9. The largest absolute Gasteiger partial charge is 0.462 e. The van der Waals surface area contributed by atoms with Gasteiger partial charge in [-0.15, -0.1) is 0 Å². The average molecular weight is 887 g/mol. The smallest absolute Gasteiger partial charge is 0.306 e. The molecule has 0 heterocycles. The first-order valence-electron chi connectivity index (χ1n) is 27.8. The molecule has 0 rings (SSSR count). The Kier molecular flexibility index (Phi) is 50.8. The van der Waals surface area contributed by atoms with Gasteiger partial charge in [-0.1, -0.05) is 244 Å². The molecule has 0 fully saturated rings. The molecule has 0 amide bonds. The number of hydrogen-bond donors (Lipinski definition) is 0. The number of esters is 3. The Hall–Kier alpha value is -2.11. The third kappa shape index (κ3) is 50.7. The second-order valence-corrected chi connectivity index (χ2v) is 18.8. The molecule has 0 aromatic rings. The van der Waals surface area contributed by atoms with Gasteiger partial charge in [-0.25, -0.2) is 0 Å². The Morgan fingerprint density at radius 3 is 0.873 bits per heavy atom. The predicted molar refractivity (Wildman–Crippen MR) is 270 cm³/mol. The van der Waals surface area contributed by atoms with Crippen molar-refractivity contribution < 1.29 is 28.6 Å². The van der Waals surface area contributed by atoms with Crippen LogP contribution in [0.1, 0.15) is 303 Å². The summed E-state index contributed by atoms with van der Waals surface area (Å²) in [6.45, 7) is 6.61. The normalized spacial score (nSPS) is 12.1. The number of unbranched alkanes of at least 4 members (excludes halogenated alkanes) is 36. The summed E-state index contributed by atoms with van der Waals surface area (Å²) in [6, 6.07) is 0. The van der Waals surface area contributed by atoms with Crippen molar-refractivity contribution in [3.63, 3.8) is 0 Å². The van der Waals surface area contributed by atoms with E-state index in [1.807, 2.05) is 0 Å². The van der Waals surface area contributed by atoms with Gasteiger partial charge in [0, 0.05) is 19.3 Å². The van der Waals surface area contributed by atoms with E-state index < -0.39 is 6.10 Å². The van der Waals surface area contributed by atoms with Crippen molar-refractivity contribution in [3.8, 4) is 0 Å². The lowest BCUT2D eigenvalue weighted by Crippen LogP contribution is -2.30. The van der Waals surface area contributed by atoms with Gasteiger partial charge in [0.2, 0.25) is 0 Å². The summed E-state index contributed by atoms with van der Waals surface area (Å²) in [7, 11) is 0. The Morgan fingerprint density at radius 2 is 0.540 bits per heavy atom. The average Bonchev–Trinajstić information content (AvgIpc) is 3.28. The highest BCUT2D eigenvalue weighted by molar-refractivity contribution is 5.71. The standard InChI is InChI=1S/C57H106O6/c1-4-7-10-13-16-19-21-23-25-27-28-30-31-33-35-38-41-44-47-50-56(59)62-53-54(52-61-55(58)49-46-43-40-37-18-15-12-9-6-3)63-57(60)51-48-45-42-39-36-34-32-29-26-24-22-20-17-14-11-8-5-2/h24,26,37,40,54H,4-23,25,27-36,38-39,41-53H2,1-3H3/b26-24-,40-37-. The van der Waals surface area contributed by atoms with E-state index >= 15 is 0 Å². The number of rotatable bonds is 51. The van der Waals surface area contributed by atoms with E-state index in [-0.39, 0.29) is 31.1 Å². The first-order chi connectivity index (χ1) is 31.0. The predicted octanol–water partition coefficient (Wildman–Crippen LogP) is 18.3. The molecule has 0 aromatic carbocycles. The van der Waals surface area contributed by atoms with Gasteiger partial charge in [0.05, 0.1) is 0 Å². The van der Waals surface area contributed by atoms with E-state index in [9.17, 15) is 14.4 Å². The maximum absolute atomic E-state index is 12.8. The number of allylic oxidation sites excluding steroid dienone is 4. The molecule has 0 N–H and O–H groups in total. The van der Waals surface area contributed by atoms with Crippen LogP contribution in [0.5, 0.6) is 0 Å². The number of ether oxygens (including phenoxy) is 3. The van der Waals surface area contributed by atoms with Crippen molar-refractivity contribution >= 4 is 17.9 Å². The maximum atomic E-state index is 12.8. The molecular formula is C57H106O6. The monoisotopic (exact) mass is 887 g/mol. The molecule has 0 aliphatic rings. The van der Waals surface area contributed by atoms with Gasteiger partial charge in [0.25, 0.3) is 0 Å². The molecule has 0 bridgehead atoms. The molecule has 0 saturated heterocycles. The van der Waals surface area contributed by atoms with Gasteiger partial charge in [-0.05, 0) is 64.2 Å². The van der Waals surface area contributed by atoms with Crippen LogP contribution in [-0.2, 0) is 28.6 Å². The zero-order chi connectivity index (χ0) is 45.8. The first kappa shape index (κ1) is 60.9. The molecule has 0 spiro atoms. The Bertz CT molecular complexity index is 1020. The van der Waals surface area contributed by atoms with E-state index in [1.165, 1.54) is 205 Å². The van der Waals surface area contributed by atoms with Crippen molar-refractivity contribution in [2.75, 3.05) is 13.2 Å². The number of hydrogen-bond acceptors (Lipinski definition) is 6. The molecule has 0 radical (unpaired) electrons. The SMILES string of the molecule is CCCCCC/C=C\CCCC(=O)OCC(COC(=O)CCCCCCCCCCCCCCCCCCCCC)OC(=O)CCCCCCCCC/C=C\CCCCCCCC. The first-order valence-corrected chi connectivity index (χ1v) is 27.8. The van der Waals surface area contributed by atoms with Crippen molar-refractivity contribution in [1.29, 1.82) is 0 Å². The fourth-order valence-electron chi connectivity index (χ4n) is 8.21. The van der Waals surface area contributed by atoms with Crippen LogP contribution in [0, 0.1) is 0 Å². The lowest BCUT2D eigenvalue weighted by Gasteiger charge is -2.18. The fraction of sp³-hybridized carbons (Fsp3) is 0.877. The van der Waals surface area contributed by atoms with Gasteiger partial charge < -0.3 is 14.2 Å². The third-order valence-electron chi connectivity index (χ3n) is 12.4. The fourth-order valence-corrected chi connectivity index (χ4v) is 8.21. The third-order valence-corrected chi connectivity index (χ3v) is 12.4. The molecule has 63 heavy (non-hydrogen) atoms. The quantitative estimate of drug-likeness (QED) is 0.0262. The highest BCUT2D eigenvalue weighted by Gasteiger charge is 2.19. The molecule has 0 aliphatic heterocycles. The van der Waals surface area contributed by atoms with Gasteiger partial charge in [0.15, 0.2) is 6.10 Å². The Labute approximate surface area is 392 Å². The molecule has 0 aromatic heterocycles. The summed E-state index contributed by atoms with van der Waals surface area (Å²) in [5.41, 5.74) is 0. The van der Waals surface area contributed by atoms with Crippen molar-refractivity contribution in [1.82, 2.24) is 0 Å². The molecule has 1 atom stereocenters. The minimum atomic E-state index is -0.779. The molecule has 0 saturated carbocycles. The summed E-state index contributed by atoms with van der Waals surface area (Å²) < 4.78 is 16.8. The summed E-state index contributed by atoms with van der Waals surface area (Å²) in [5, 5.41) is 0. The van der Waals surface area contributed by atoms with Crippen LogP contribution < -0.4 is 0 Å². The summed E-state index contributed by atoms with van der Waals surface area (Å²) in [5.74, 6) is -0.903. The van der Waals surface area contributed by atoms with Crippen LogP contribution in [0.4, 0.5) is 0 Å². The topological polar surface area (TPSA) is 78.9 Å². The second kappa shape index (κ2) is 52.5. The molecule has 370 valence electrons.